The molecule has 0 saturated carbocycles. The molecule has 22 heavy (non-hydrogen) atoms. The average molecular weight is 306 g/mol. The second-order valence-electron chi connectivity index (χ2n) is 4.50. The van der Waals surface area contributed by atoms with E-state index in [4.69, 9.17) is 0 Å². The lowest BCUT2D eigenvalue weighted by Crippen LogP contribution is -2.13. The van der Waals surface area contributed by atoms with Crippen LogP contribution in [-0.4, -0.2) is 4.92 Å². The summed E-state index contributed by atoms with van der Waals surface area (Å²) in [5.74, 6) is -1.15. The molecule has 0 amide bonds. The van der Waals surface area contributed by atoms with Gasteiger partial charge in [0.15, 0.2) is 0 Å². The summed E-state index contributed by atoms with van der Waals surface area (Å²) in [6, 6.07) is 12.2. The molecule has 1 unspecified atom stereocenters. The molecule has 0 aliphatic heterocycles. The Labute approximate surface area is 123 Å². The highest BCUT2D eigenvalue weighted by molar-refractivity contribution is 5.48. The molecule has 0 aromatic heterocycles. The van der Waals surface area contributed by atoms with Crippen molar-refractivity contribution in [1.29, 1.82) is 5.26 Å². The van der Waals surface area contributed by atoms with Gasteiger partial charge in [0.25, 0.3) is 5.69 Å². The first kappa shape index (κ1) is 15.5. The number of halogens is 3. The number of hydrogen-bond donors (Lipinski definition) is 0. The molecule has 0 spiro atoms. The largest absolute Gasteiger partial charge is 0.416 e. The van der Waals surface area contributed by atoms with E-state index in [1.807, 2.05) is 6.07 Å². The number of nitrogens with zero attached hydrogens (tertiary/aromatic N) is 2. The molecular formula is C15H9F3N2O2. The molecule has 0 aliphatic rings. The Morgan fingerprint density at radius 1 is 1.14 bits per heavy atom. The van der Waals surface area contributed by atoms with Crippen LogP contribution in [-0.2, 0) is 6.18 Å². The van der Waals surface area contributed by atoms with Gasteiger partial charge >= 0.3 is 6.18 Å². The van der Waals surface area contributed by atoms with Crippen molar-refractivity contribution in [2.24, 2.45) is 0 Å². The van der Waals surface area contributed by atoms with Gasteiger partial charge in [-0.1, -0.05) is 30.3 Å². The van der Waals surface area contributed by atoms with Gasteiger partial charge in [0.1, 0.15) is 0 Å². The Hall–Kier alpha value is -2.88. The van der Waals surface area contributed by atoms with Crippen LogP contribution in [0.25, 0.3) is 0 Å². The quantitative estimate of drug-likeness (QED) is 0.628. The fourth-order valence-electron chi connectivity index (χ4n) is 2.12. The summed E-state index contributed by atoms with van der Waals surface area (Å²) in [6.45, 7) is 0. The molecule has 2 rings (SSSR count). The molecule has 0 aliphatic carbocycles. The first-order valence-electron chi connectivity index (χ1n) is 6.14. The standard InChI is InChI=1S/C15H9F3N2O2/c16-15(17,18)14-8-11(20(21)22)6-7-12(14)13(9-19)10-4-2-1-3-5-10/h1-8,13H. The molecule has 0 saturated heterocycles. The van der Waals surface area contributed by atoms with E-state index in [-0.39, 0.29) is 5.56 Å². The highest BCUT2D eigenvalue weighted by Crippen LogP contribution is 2.39. The van der Waals surface area contributed by atoms with Gasteiger partial charge < -0.3 is 0 Å². The zero-order valence-electron chi connectivity index (χ0n) is 11.0. The van der Waals surface area contributed by atoms with E-state index >= 15 is 0 Å². The van der Waals surface area contributed by atoms with Gasteiger partial charge in [-0.15, -0.1) is 0 Å². The van der Waals surface area contributed by atoms with Crippen LogP contribution in [0.3, 0.4) is 0 Å². The lowest BCUT2D eigenvalue weighted by Gasteiger charge is -2.16. The normalized spacial score (nSPS) is 12.5. The first-order valence-corrected chi connectivity index (χ1v) is 6.14. The lowest BCUT2D eigenvalue weighted by atomic mass is 9.88. The van der Waals surface area contributed by atoms with Gasteiger partial charge in [0.2, 0.25) is 0 Å². The molecule has 0 fully saturated rings. The predicted molar refractivity (Wildman–Crippen MR) is 72.0 cm³/mol. The minimum atomic E-state index is -4.79. The van der Waals surface area contributed by atoms with Crippen molar-refractivity contribution in [1.82, 2.24) is 0 Å². The number of alkyl halides is 3. The molecular weight excluding hydrogens is 297 g/mol. The number of benzene rings is 2. The SMILES string of the molecule is N#CC(c1ccccc1)c1ccc([N+](=O)[O-])cc1C(F)(F)F. The van der Waals surface area contributed by atoms with Crippen LogP contribution in [0.1, 0.15) is 22.6 Å². The maximum atomic E-state index is 13.2. The summed E-state index contributed by atoms with van der Waals surface area (Å²) in [6.07, 6.45) is -4.79. The minimum absolute atomic E-state index is 0.299. The van der Waals surface area contributed by atoms with Gasteiger partial charge in [0, 0.05) is 12.1 Å². The molecule has 2 aromatic carbocycles. The molecule has 0 radical (unpaired) electrons. The Kier molecular flexibility index (Phi) is 4.13. The monoisotopic (exact) mass is 306 g/mol. The minimum Gasteiger partial charge on any atom is -0.258 e. The third-order valence-corrected chi connectivity index (χ3v) is 3.13. The summed E-state index contributed by atoms with van der Waals surface area (Å²) < 4.78 is 39.5. The average Bonchev–Trinajstić information content (AvgIpc) is 2.48. The zero-order valence-corrected chi connectivity index (χ0v) is 11.0. The van der Waals surface area contributed by atoms with E-state index in [1.54, 1.807) is 18.2 Å². The second-order valence-corrected chi connectivity index (χ2v) is 4.50. The fourth-order valence-corrected chi connectivity index (χ4v) is 2.12. The molecule has 112 valence electrons. The van der Waals surface area contributed by atoms with Gasteiger partial charge in [-0.05, 0) is 17.2 Å². The van der Waals surface area contributed by atoms with Crippen molar-refractivity contribution in [3.8, 4) is 6.07 Å². The summed E-state index contributed by atoms with van der Waals surface area (Å²) in [5, 5.41) is 19.9. The van der Waals surface area contributed by atoms with Crippen molar-refractivity contribution in [2.45, 2.75) is 12.1 Å². The van der Waals surface area contributed by atoms with E-state index in [0.29, 0.717) is 11.6 Å². The smallest absolute Gasteiger partial charge is 0.258 e. The molecule has 0 heterocycles. The number of nitro groups is 1. The van der Waals surface area contributed by atoms with Crippen molar-refractivity contribution in [2.75, 3.05) is 0 Å². The fraction of sp³-hybridized carbons (Fsp3) is 0.133. The van der Waals surface area contributed by atoms with Crippen LogP contribution in [0.5, 0.6) is 0 Å². The lowest BCUT2D eigenvalue weighted by molar-refractivity contribution is -0.385. The maximum Gasteiger partial charge on any atom is 0.416 e. The Morgan fingerprint density at radius 2 is 1.77 bits per heavy atom. The zero-order chi connectivity index (χ0) is 16.3. The van der Waals surface area contributed by atoms with Crippen LogP contribution < -0.4 is 0 Å². The maximum absolute atomic E-state index is 13.2. The second kappa shape index (κ2) is 5.85. The molecule has 0 N–H and O–H groups in total. The van der Waals surface area contributed by atoms with Crippen LogP contribution >= 0.6 is 0 Å². The van der Waals surface area contributed by atoms with Gasteiger partial charge in [-0.25, -0.2) is 0 Å². The number of non-ortho nitro benzene ring substituents is 1. The van der Waals surface area contributed by atoms with E-state index in [2.05, 4.69) is 0 Å². The molecule has 2 aromatic rings. The summed E-state index contributed by atoms with van der Waals surface area (Å²) >= 11 is 0. The van der Waals surface area contributed by atoms with E-state index < -0.39 is 28.3 Å². The molecule has 0 bridgehead atoms. The molecule has 1 atom stereocenters. The summed E-state index contributed by atoms with van der Waals surface area (Å²) in [4.78, 5) is 9.77. The number of rotatable bonds is 3. The predicted octanol–water partition coefficient (Wildman–Crippen LogP) is 4.27. The van der Waals surface area contributed by atoms with Crippen molar-refractivity contribution in [3.63, 3.8) is 0 Å². The third-order valence-electron chi connectivity index (χ3n) is 3.13. The highest BCUT2D eigenvalue weighted by atomic mass is 19.4. The number of nitriles is 1. The van der Waals surface area contributed by atoms with Crippen LogP contribution in [0.4, 0.5) is 18.9 Å². The van der Waals surface area contributed by atoms with Crippen molar-refractivity contribution < 1.29 is 18.1 Å². The first-order chi connectivity index (χ1) is 10.3. The van der Waals surface area contributed by atoms with E-state index in [0.717, 1.165) is 12.1 Å². The van der Waals surface area contributed by atoms with Crippen molar-refractivity contribution in [3.05, 3.63) is 75.3 Å². The Morgan fingerprint density at radius 3 is 2.27 bits per heavy atom. The highest BCUT2D eigenvalue weighted by Gasteiger charge is 2.37. The van der Waals surface area contributed by atoms with Crippen molar-refractivity contribution >= 4 is 5.69 Å². The topological polar surface area (TPSA) is 66.9 Å². The van der Waals surface area contributed by atoms with E-state index in [1.165, 1.54) is 12.1 Å². The third kappa shape index (κ3) is 3.06. The summed E-state index contributed by atoms with van der Waals surface area (Å²) in [5.41, 5.74) is -1.74. The van der Waals surface area contributed by atoms with Gasteiger partial charge in [-0.3, -0.25) is 10.1 Å². The molecule has 4 nitrogen and oxygen atoms in total. The van der Waals surface area contributed by atoms with Crippen LogP contribution in [0.2, 0.25) is 0 Å². The van der Waals surface area contributed by atoms with E-state index in [9.17, 15) is 28.5 Å². The van der Waals surface area contributed by atoms with Crippen LogP contribution in [0.15, 0.2) is 48.5 Å². The number of hydrogen-bond acceptors (Lipinski definition) is 3. The summed E-state index contributed by atoms with van der Waals surface area (Å²) in [7, 11) is 0. The van der Waals surface area contributed by atoms with Gasteiger partial charge in [-0.2, -0.15) is 18.4 Å². The molecule has 7 heteroatoms. The number of nitro benzene ring substituents is 1. The Bertz CT molecular complexity index is 737. The van der Waals surface area contributed by atoms with Gasteiger partial charge in [0.05, 0.1) is 22.5 Å². The van der Waals surface area contributed by atoms with Crippen LogP contribution in [0, 0.1) is 21.4 Å². The Balaban J connectivity index is 2.64.